The van der Waals surface area contributed by atoms with E-state index < -0.39 is 0 Å². The highest BCUT2D eigenvalue weighted by Gasteiger charge is 2.31. The first-order valence-corrected chi connectivity index (χ1v) is 11.4. The van der Waals surface area contributed by atoms with Gasteiger partial charge < -0.3 is 19.5 Å². The highest BCUT2D eigenvalue weighted by Crippen LogP contribution is 2.41. The third-order valence-electron chi connectivity index (χ3n) is 6.49. The van der Waals surface area contributed by atoms with Crippen molar-refractivity contribution in [2.75, 3.05) is 20.8 Å². The number of carbonyl (C=O) groups excluding carboxylic acids is 1. The second-order valence-electron chi connectivity index (χ2n) is 8.65. The Morgan fingerprint density at radius 2 is 1.91 bits per heavy atom. The Balaban J connectivity index is 1.56. The van der Waals surface area contributed by atoms with Crippen molar-refractivity contribution in [1.29, 1.82) is 0 Å². The Morgan fingerprint density at radius 1 is 1.12 bits per heavy atom. The van der Waals surface area contributed by atoms with Gasteiger partial charge in [0, 0.05) is 24.1 Å². The molecule has 0 aliphatic carbocycles. The number of benzene rings is 3. The molecule has 3 aromatic carbocycles. The first kappa shape index (κ1) is 23.8. The molecule has 0 saturated carbocycles. The molecule has 2 unspecified atom stereocenters. The summed E-state index contributed by atoms with van der Waals surface area (Å²) in [5.41, 5.74) is 4.81. The second kappa shape index (κ2) is 10.3. The summed E-state index contributed by atoms with van der Waals surface area (Å²) >= 11 is 0. The fourth-order valence-corrected chi connectivity index (χ4v) is 4.55. The first-order chi connectivity index (χ1) is 16.4. The van der Waals surface area contributed by atoms with Gasteiger partial charge in [0.25, 0.3) is 0 Å². The summed E-state index contributed by atoms with van der Waals surface area (Å²) in [6.07, 6.45) is 0.681. The molecule has 0 aromatic heterocycles. The van der Waals surface area contributed by atoms with Crippen LogP contribution in [0.25, 0.3) is 0 Å². The van der Waals surface area contributed by atoms with Crippen LogP contribution in [-0.2, 0) is 4.74 Å². The molecule has 1 aliphatic heterocycles. The Morgan fingerprint density at radius 3 is 2.68 bits per heavy atom. The van der Waals surface area contributed by atoms with Crippen LogP contribution in [0.15, 0.2) is 60.7 Å². The number of hydrogen-bond donors (Lipinski definition) is 1. The second-order valence-corrected chi connectivity index (χ2v) is 8.65. The van der Waals surface area contributed by atoms with Crippen molar-refractivity contribution in [2.24, 2.45) is 0 Å². The van der Waals surface area contributed by atoms with Crippen molar-refractivity contribution < 1.29 is 23.4 Å². The van der Waals surface area contributed by atoms with Gasteiger partial charge in [0.15, 0.2) is 11.6 Å². The topological polar surface area (TPSA) is 56.8 Å². The maximum atomic E-state index is 13.8. The summed E-state index contributed by atoms with van der Waals surface area (Å²) in [7, 11) is 2.86. The average molecular weight is 464 g/mol. The van der Waals surface area contributed by atoms with Crippen molar-refractivity contribution in [3.8, 4) is 11.5 Å². The summed E-state index contributed by atoms with van der Waals surface area (Å²) in [5.74, 6) is 0.448. The van der Waals surface area contributed by atoms with E-state index in [1.54, 1.807) is 18.2 Å². The number of hydrogen-bond acceptors (Lipinski definition) is 5. The van der Waals surface area contributed by atoms with Gasteiger partial charge in [0.1, 0.15) is 11.9 Å². The lowest BCUT2D eigenvalue weighted by molar-refractivity contribution is 0.0600. The number of carbonyl (C=O) groups is 1. The number of halogens is 1. The number of para-hydroxylation sites is 1. The van der Waals surface area contributed by atoms with Crippen LogP contribution in [0, 0.1) is 12.7 Å². The Hall–Kier alpha value is -3.38. The van der Waals surface area contributed by atoms with Crippen molar-refractivity contribution in [3.05, 3.63) is 94.3 Å². The molecule has 5 nitrogen and oxygen atoms in total. The van der Waals surface area contributed by atoms with Crippen LogP contribution in [0.2, 0.25) is 0 Å². The molecule has 178 valence electrons. The Labute approximate surface area is 199 Å². The SMILES string of the molecule is COC(=O)c1ccc(C)c(C2C[C@H](CNC(C)c3ccc(F)c(OC)c3)Oc3ccccc32)c1. The van der Waals surface area contributed by atoms with Gasteiger partial charge in [-0.2, -0.15) is 0 Å². The molecule has 1 N–H and O–H groups in total. The molecular formula is C28H30FNO4. The largest absolute Gasteiger partial charge is 0.494 e. The van der Waals surface area contributed by atoms with E-state index >= 15 is 0 Å². The van der Waals surface area contributed by atoms with E-state index in [-0.39, 0.29) is 35.6 Å². The fraction of sp³-hybridized carbons (Fsp3) is 0.321. The molecular weight excluding hydrogens is 433 g/mol. The minimum Gasteiger partial charge on any atom is -0.494 e. The quantitative estimate of drug-likeness (QED) is 0.465. The molecule has 0 fully saturated rings. The maximum absolute atomic E-state index is 13.8. The first-order valence-electron chi connectivity index (χ1n) is 11.4. The highest BCUT2D eigenvalue weighted by molar-refractivity contribution is 5.89. The van der Waals surface area contributed by atoms with E-state index in [1.807, 2.05) is 37.3 Å². The van der Waals surface area contributed by atoms with Crippen LogP contribution in [-0.4, -0.2) is 32.8 Å². The van der Waals surface area contributed by atoms with Crippen LogP contribution < -0.4 is 14.8 Å². The zero-order valence-electron chi connectivity index (χ0n) is 19.9. The third-order valence-corrected chi connectivity index (χ3v) is 6.49. The van der Waals surface area contributed by atoms with Gasteiger partial charge in [-0.15, -0.1) is 0 Å². The summed E-state index contributed by atoms with van der Waals surface area (Å²) in [4.78, 5) is 12.2. The molecule has 4 rings (SSSR count). The number of aryl methyl sites for hydroxylation is 1. The zero-order valence-corrected chi connectivity index (χ0v) is 19.9. The van der Waals surface area contributed by atoms with Crippen LogP contribution >= 0.6 is 0 Å². The number of methoxy groups -OCH3 is 2. The van der Waals surface area contributed by atoms with E-state index in [0.717, 1.165) is 34.4 Å². The summed E-state index contributed by atoms with van der Waals surface area (Å²) in [6.45, 7) is 4.71. The third kappa shape index (κ3) is 4.92. The molecule has 3 atom stereocenters. The molecule has 0 amide bonds. The molecule has 34 heavy (non-hydrogen) atoms. The standard InChI is InChI=1S/C28H30FNO4/c1-17-9-10-20(28(31)33-4)13-23(17)24-15-21(34-26-8-6-5-7-22(24)26)16-30-18(2)19-11-12-25(29)27(14-19)32-3/h5-14,18,21,24,30H,15-16H2,1-4H3/t18?,21-,24?/m1/s1. The predicted molar refractivity (Wildman–Crippen MR) is 129 cm³/mol. The number of rotatable bonds is 7. The normalized spacial score (nSPS) is 17.9. The smallest absolute Gasteiger partial charge is 0.337 e. The monoisotopic (exact) mass is 463 g/mol. The number of ether oxygens (including phenoxy) is 3. The molecule has 1 heterocycles. The zero-order chi connectivity index (χ0) is 24.2. The van der Waals surface area contributed by atoms with Gasteiger partial charge in [0.2, 0.25) is 0 Å². The van der Waals surface area contributed by atoms with Gasteiger partial charge in [-0.05, 0) is 67.3 Å². The van der Waals surface area contributed by atoms with Crippen LogP contribution in [0.1, 0.15) is 57.9 Å². The van der Waals surface area contributed by atoms with E-state index in [2.05, 4.69) is 18.3 Å². The van der Waals surface area contributed by atoms with Crippen LogP contribution in [0.3, 0.4) is 0 Å². The van der Waals surface area contributed by atoms with Gasteiger partial charge in [-0.3, -0.25) is 0 Å². The number of esters is 1. The van der Waals surface area contributed by atoms with Crippen molar-refractivity contribution in [2.45, 2.75) is 38.3 Å². The van der Waals surface area contributed by atoms with Crippen molar-refractivity contribution >= 4 is 5.97 Å². The molecule has 3 aromatic rings. The lowest BCUT2D eigenvalue weighted by Crippen LogP contribution is -2.37. The summed E-state index contributed by atoms with van der Waals surface area (Å²) in [6, 6.07) is 18.6. The fourth-order valence-electron chi connectivity index (χ4n) is 4.55. The lowest BCUT2D eigenvalue weighted by atomic mass is 9.81. The van der Waals surface area contributed by atoms with E-state index in [9.17, 15) is 9.18 Å². The van der Waals surface area contributed by atoms with E-state index in [1.165, 1.54) is 20.3 Å². The molecule has 0 radical (unpaired) electrons. The summed E-state index contributed by atoms with van der Waals surface area (Å²) in [5, 5.41) is 3.52. The molecule has 0 saturated heterocycles. The van der Waals surface area contributed by atoms with Gasteiger partial charge in [0.05, 0.1) is 19.8 Å². The highest BCUT2D eigenvalue weighted by atomic mass is 19.1. The number of nitrogens with one attached hydrogen (secondary N) is 1. The number of fused-ring (bicyclic) bond motifs is 1. The molecule has 0 spiro atoms. The minimum absolute atomic E-state index is 0.0156. The Kier molecular flexibility index (Phi) is 7.17. The van der Waals surface area contributed by atoms with Gasteiger partial charge in [-0.25, -0.2) is 9.18 Å². The van der Waals surface area contributed by atoms with Gasteiger partial charge in [-0.1, -0.05) is 30.3 Å². The van der Waals surface area contributed by atoms with Crippen molar-refractivity contribution in [1.82, 2.24) is 5.32 Å². The van der Waals surface area contributed by atoms with E-state index in [4.69, 9.17) is 14.2 Å². The lowest BCUT2D eigenvalue weighted by Gasteiger charge is -2.34. The maximum Gasteiger partial charge on any atom is 0.337 e. The molecule has 6 heteroatoms. The Bertz CT molecular complexity index is 1180. The molecule has 1 aliphatic rings. The average Bonchev–Trinajstić information content (AvgIpc) is 2.86. The van der Waals surface area contributed by atoms with Crippen LogP contribution in [0.5, 0.6) is 11.5 Å². The minimum atomic E-state index is -0.377. The van der Waals surface area contributed by atoms with E-state index in [0.29, 0.717) is 12.1 Å². The predicted octanol–water partition coefficient (Wildman–Crippen LogP) is 5.56. The molecule has 0 bridgehead atoms. The van der Waals surface area contributed by atoms with Gasteiger partial charge >= 0.3 is 5.97 Å². The van der Waals surface area contributed by atoms with Crippen molar-refractivity contribution in [3.63, 3.8) is 0 Å². The van der Waals surface area contributed by atoms with Crippen LogP contribution in [0.4, 0.5) is 4.39 Å². The summed E-state index contributed by atoms with van der Waals surface area (Å²) < 4.78 is 30.2.